The number of nitrogens with zero attached hydrogens (tertiary/aromatic N) is 3. The van der Waals surface area contributed by atoms with E-state index < -0.39 is 0 Å². The highest BCUT2D eigenvalue weighted by Gasteiger charge is 2.15. The Hall–Kier alpha value is -2.14. The van der Waals surface area contributed by atoms with Gasteiger partial charge >= 0.3 is 0 Å². The first-order valence-electron chi connectivity index (χ1n) is 7.63. The highest BCUT2D eigenvalue weighted by Crippen LogP contribution is 2.18. The van der Waals surface area contributed by atoms with Gasteiger partial charge < -0.3 is 10.2 Å². The highest BCUT2D eigenvalue weighted by atomic mass is 35.5. The van der Waals surface area contributed by atoms with Gasteiger partial charge in [0.05, 0.1) is 0 Å². The van der Waals surface area contributed by atoms with Crippen LogP contribution in [0.1, 0.15) is 36.1 Å². The van der Waals surface area contributed by atoms with E-state index in [-0.39, 0.29) is 5.91 Å². The Labute approximate surface area is 141 Å². The number of halogens is 1. The number of carbonyl (C=O) groups excluding carboxylic acids is 1. The first kappa shape index (κ1) is 17.2. The molecule has 1 amide bonds. The van der Waals surface area contributed by atoms with Gasteiger partial charge in [-0.3, -0.25) is 4.79 Å². The fourth-order valence-electron chi connectivity index (χ4n) is 2.11. The van der Waals surface area contributed by atoms with E-state index in [4.69, 9.17) is 11.6 Å². The summed E-state index contributed by atoms with van der Waals surface area (Å²) < 4.78 is 0. The zero-order valence-corrected chi connectivity index (χ0v) is 14.4. The zero-order chi connectivity index (χ0) is 16.8. The lowest BCUT2D eigenvalue weighted by atomic mass is 10.2. The number of rotatable bonds is 6. The summed E-state index contributed by atoms with van der Waals surface area (Å²) in [5, 5.41) is 3.84. The molecule has 122 valence electrons. The van der Waals surface area contributed by atoms with Crippen LogP contribution in [-0.4, -0.2) is 34.4 Å². The van der Waals surface area contributed by atoms with E-state index >= 15 is 0 Å². The molecule has 0 aliphatic heterocycles. The van der Waals surface area contributed by atoms with Gasteiger partial charge in [-0.05, 0) is 37.6 Å². The molecule has 1 heterocycles. The molecule has 0 radical (unpaired) electrons. The largest absolute Gasteiger partial charge is 0.340 e. The molecule has 5 nitrogen and oxygen atoms in total. The highest BCUT2D eigenvalue weighted by molar-refractivity contribution is 6.30. The zero-order valence-electron chi connectivity index (χ0n) is 13.6. The molecule has 0 fully saturated rings. The van der Waals surface area contributed by atoms with E-state index in [9.17, 15) is 4.79 Å². The average molecular weight is 333 g/mol. The first-order valence-corrected chi connectivity index (χ1v) is 8.01. The minimum atomic E-state index is -0.0943. The van der Waals surface area contributed by atoms with Crippen LogP contribution in [0.25, 0.3) is 0 Å². The third kappa shape index (κ3) is 4.93. The van der Waals surface area contributed by atoms with Crippen molar-refractivity contribution in [1.82, 2.24) is 14.9 Å². The minimum absolute atomic E-state index is 0.0943. The number of unbranched alkanes of at least 4 members (excludes halogenated alkanes) is 1. The Kier molecular flexibility index (Phi) is 5.93. The van der Waals surface area contributed by atoms with Crippen molar-refractivity contribution in [2.75, 3.05) is 18.9 Å². The number of amides is 1. The number of anilines is 2. The third-order valence-electron chi connectivity index (χ3n) is 3.37. The van der Waals surface area contributed by atoms with Crippen LogP contribution in [0.15, 0.2) is 30.3 Å². The van der Waals surface area contributed by atoms with Crippen LogP contribution in [0, 0.1) is 6.92 Å². The molecule has 1 aromatic carbocycles. The summed E-state index contributed by atoms with van der Waals surface area (Å²) in [6, 6.07) is 8.97. The lowest BCUT2D eigenvalue weighted by molar-refractivity contribution is 0.0787. The van der Waals surface area contributed by atoms with Crippen molar-refractivity contribution in [3.8, 4) is 0 Å². The average Bonchev–Trinajstić information content (AvgIpc) is 2.53. The molecular weight excluding hydrogens is 312 g/mol. The monoisotopic (exact) mass is 332 g/mol. The summed E-state index contributed by atoms with van der Waals surface area (Å²) in [6.45, 7) is 4.59. The van der Waals surface area contributed by atoms with E-state index in [1.54, 1.807) is 37.1 Å². The first-order chi connectivity index (χ1) is 11.0. The molecule has 0 aliphatic carbocycles. The summed E-state index contributed by atoms with van der Waals surface area (Å²) in [6.07, 6.45) is 2.02. The second kappa shape index (κ2) is 7.92. The number of aryl methyl sites for hydroxylation is 1. The molecule has 1 N–H and O–H groups in total. The summed E-state index contributed by atoms with van der Waals surface area (Å²) in [4.78, 5) is 22.7. The summed E-state index contributed by atoms with van der Waals surface area (Å²) >= 11 is 5.88. The van der Waals surface area contributed by atoms with Gasteiger partial charge in [0.2, 0.25) is 0 Å². The van der Waals surface area contributed by atoms with Crippen LogP contribution in [0.3, 0.4) is 0 Å². The van der Waals surface area contributed by atoms with Gasteiger partial charge in [0.25, 0.3) is 5.91 Å². The molecule has 0 saturated heterocycles. The van der Waals surface area contributed by atoms with Crippen molar-refractivity contribution >= 4 is 29.0 Å². The van der Waals surface area contributed by atoms with Crippen molar-refractivity contribution in [1.29, 1.82) is 0 Å². The van der Waals surface area contributed by atoms with E-state index in [0.29, 0.717) is 22.4 Å². The van der Waals surface area contributed by atoms with Crippen molar-refractivity contribution in [2.24, 2.45) is 0 Å². The predicted molar refractivity (Wildman–Crippen MR) is 93.4 cm³/mol. The van der Waals surface area contributed by atoms with Crippen molar-refractivity contribution in [2.45, 2.75) is 26.7 Å². The lowest BCUT2D eigenvalue weighted by Crippen LogP contribution is -2.28. The molecule has 0 bridgehead atoms. The van der Waals surface area contributed by atoms with Gasteiger partial charge in [-0.1, -0.05) is 24.9 Å². The fraction of sp³-hybridized carbons (Fsp3) is 0.353. The van der Waals surface area contributed by atoms with Crippen molar-refractivity contribution in [3.63, 3.8) is 0 Å². The third-order valence-corrected chi connectivity index (χ3v) is 3.62. The van der Waals surface area contributed by atoms with Crippen LogP contribution in [0.5, 0.6) is 0 Å². The topological polar surface area (TPSA) is 58.1 Å². The summed E-state index contributed by atoms with van der Waals surface area (Å²) in [5.74, 6) is 1.05. The molecule has 0 aliphatic rings. The maximum absolute atomic E-state index is 12.4. The Morgan fingerprint density at radius 1 is 1.26 bits per heavy atom. The van der Waals surface area contributed by atoms with Gasteiger partial charge in [0, 0.05) is 30.4 Å². The molecule has 2 aromatic rings. The second-order valence-corrected chi connectivity index (χ2v) is 5.83. The Morgan fingerprint density at radius 2 is 1.96 bits per heavy atom. The molecule has 6 heteroatoms. The summed E-state index contributed by atoms with van der Waals surface area (Å²) in [7, 11) is 1.79. The molecule has 0 spiro atoms. The fourth-order valence-corrected chi connectivity index (χ4v) is 2.24. The number of carbonyl (C=O) groups is 1. The minimum Gasteiger partial charge on any atom is -0.340 e. The van der Waals surface area contributed by atoms with Gasteiger partial charge in [0.15, 0.2) is 0 Å². The lowest BCUT2D eigenvalue weighted by Gasteiger charge is -2.17. The smallest absolute Gasteiger partial charge is 0.272 e. The molecular formula is C17H21ClN4O. The Bertz CT molecular complexity index is 673. The molecule has 23 heavy (non-hydrogen) atoms. The van der Waals surface area contributed by atoms with Crippen LogP contribution < -0.4 is 5.32 Å². The van der Waals surface area contributed by atoms with E-state index in [1.807, 2.05) is 12.1 Å². The number of benzene rings is 1. The number of hydrogen-bond donors (Lipinski definition) is 1. The number of nitrogens with one attached hydrogen (secondary N) is 1. The quantitative estimate of drug-likeness (QED) is 0.866. The number of hydrogen-bond acceptors (Lipinski definition) is 4. The van der Waals surface area contributed by atoms with E-state index in [2.05, 4.69) is 22.2 Å². The SMILES string of the molecule is CCCCN(C)C(=O)c1cc(Nc2ccc(Cl)cc2)nc(C)n1. The molecule has 2 rings (SSSR count). The predicted octanol–water partition coefficient (Wildman–Crippen LogP) is 4.05. The van der Waals surface area contributed by atoms with Crippen LogP contribution in [0.2, 0.25) is 5.02 Å². The van der Waals surface area contributed by atoms with E-state index in [0.717, 1.165) is 25.1 Å². The molecule has 0 unspecified atom stereocenters. The van der Waals surface area contributed by atoms with Crippen LogP contribution >= 0.6 is 11.6 Å². The van der Waals surface area contributed by atoms with Gasteiger partial charge in [-0.15, -0.1) is 0 Å². The van der Waals surface area contributed by atoms with E-state index in [1.165, 1.54) is 0 Å². The normalized spacial score (nSPS) is 10.4. The maximum atomic E-state index is 12.4. The maximum Gasteiger partial charge on any atom is 0.272 e. The second-order valence-electron chi connectivity index (χ2n) is 5.40. The van der Waals surface area contributed by atoms with Gasteiger partial charge in [-0.2, -0.15) is 0 Å². The standard InChI is InChI=1S/C17H21ClN4O/c1-4-5-10-22(3)17(23)15-11-16(20-12(2)19-15)21-14-8-6-13(18)7-9-14/h6-9,11H,4-5,10H2,1-3H3,(H,19,20,21). The molecule has 0 atom stereocenters. The Morgan fingerprint density at radius 3 is 2.61 bits per heavy atom. The molecule has 0 saturated carbocycles. The number of aromatic nitrogens is 2. The van der Waals surface area contributed by atoms with Crippen molar-refractivity contribution in [3.05, 3.63) is 46.9 Å². The van der Waals surface area contributed by atoms with Crippen LogP contribution in [-0.2, 0) is 0 Å². The van der Waals surface area contributed by atoms with Crippen molar-refractivity contribution < 1.29 is 4.79 Å². The molecule has 1 aromatic heterocycles. The van der Waals surface area contributed by atoms with Gasteiger partial charge in [-0.25, -0.2) is 9.97 Å². The van der Waals surface area contributed by atoms with Gasteiger partial charge in [0.1, 0.15) is 17.3 Å². The Balaban J connectivity index is 2.18. The van der Waals surface area contributed by atoms with Crippen LogP contribution in [0.4, 0.5) is 11.5 Å². The summed E-state index contributed by atoms with van der Waals surface area (Å²) in [5.41, 5.74) is 1.25.